The molecule has 0 spiro atoms. The molecule has 1 N–H and O–H groups in total. The molecule has 0 atom stereocenters. The maximum atomic E-state index is 11.6. The molecular weight excluding hydrogens is 340 g/mol. The van der Waals surface area contributed by atoms with Crippen molar-refractivity contribution in [2.24, 2.45) is 4.99 Å². The van der Waals surface area contributed by atoms with Gasteiger partial charge in [0.25, 0.3) is 0 Å². The smallest absolute Gasteiger partial charge is 0.345 e. The lowest BCUT2D eigenvalue weighted by atomic mass is 10.2. The van der Waals surface area contributed by atoms with E-state index in [2.05, 4.69) is 19.8 Å². The van der Waals surface area contributed by atoms with Gasteiger partial charge in [-0.05, 0) is 25.1 Å². The molecule has 0 saturated carbocycles. The van der Waals surface area contributed by atoms with Crippen LogP contribution in [0.1, 0.15) is 6.92 Å². The summed E-state index contributed by atoms with van der Waals surface area (Å²) in [5, 5.41) is 3.20. The summed E-state index contributed by atoms with van der Waals surface area (Å²) < 4.78 is 19.6. The predicted octanol–water partition coefficient (Wildman–Crippen LogP) is 1.85. The van der Waals surface area contributed by atoms with Gasteiger partial charge in [-0.1, -0.05) is 0 Å². The van der Waals surface area contributed by atoms with E-state index >= 15 is 0 Å². The first-order valence-corrected chi connectivity index (χ1v) is 7.82. The van der Waals surface area contributed by atoms with Crippen LogP contribution in [-0.2, 0) is 19.1 Å². The van der Waals surface area contributed by atoms with Crippen molar-refractivity contribution in [3.05, 3.63) is 29.8 Å². The van der Waals surface area contributed by atoms with Crippen molar-refractivity contribution in [3.63, 3.8) is 0 Å². The highest BCUT2D eigenvalue weighted by molar-refractivity contribution is 6.18. The molecule has 8 nitrogen and oxygen atoms in total. The van der Waals surface area contributed by atoms with E-state index in [1.807, 2.05) is 12.1 Å². The van der Waals surface area contributed by atoms with E-state index in [9.17, 15) is 9.59 Å². The third-order valence-corrected chi connectivity index (χ3v) is 3.35. The molecule has 26 heavy (non-hydrogen) atoms. The number of allylic oxidation sites excluding steroid dienone is 1. The zero-order valence-corrected chi connectivity index (χ0v) is 15.6. The van der Waals surface area contributed by atoms with Crippen molar-refractivity contribution >= 4 is 23.3 Å². The van der Waals surface area contributed by atoms with Crippen molar-refractivity contribution in [1.29, 1.82) is 0 Å². The van der Waals surface area contributed by atoms with Gasteiger partial charge in [0.2, 0.25) is 0 Å². The van der Waals surface area contributed by atoms with Gasteiger partial charge in [0.05, 0.1) is 35.0 Å². The fourth-order valence-electron chi connectivity index (χ4n) is 2.05. The third-order valence-electron chi connectivity index (χ3n) is 3.35. The third kappa shape index (κ3) is 6.12. The topological polar surface area (TPSA) is 95.5 Å². The molecule has 8 heteroatoms. The Balaban J connectivity index is 2.68. The van der Waals surface area contributed by atoms with Gasteiger partial charge in [-0.15, -0.1) is 0 Å². The molecule has 142 valence electrons. The number of rotatable bonds is 9. The van der Waals surface area contributed by atoms with Gasteiger partial charge < -0.3 is 24.3 Å². The maximum absolute atomic E-state index is 11.6. The number of anilines is 1. The monoisotopic (exact) mass is 364 g/mol. The lowest BCUT2D eigenvalue weighted by Gasteiger charge is -2.10. The second-order valence-corrected chi connectivity index (χ2v) is 5.06. The summed E-state index contributed by atoms with van der Waals surface area (Å²) in [5.41, 5.74) is 1.16. The molecule has 0 amide bonds. The molecule has 0 radical (unpaired) electrons. The Hall–Kier alpha value is -3.03. The van der Waals surface area contributed by atoms with Crippen molar-refractivity contribution < 1.29 is 28.5 Å². The molecule has 1 aromatic rings. The highest BCUT2D eigenvalue weighted by Crippen LogP contribution is 2.29. The molecule has 1 aromatic carbocycles. The fraction of sp³-hybridized carbons (Fsp3) is 0.389. The first-order valence-electron chi connectivity index (χ1n) is 7.82. The highest BCUT2D eigenvalue weighted by atomic mass is 16.5. The van der Waals surface area contributed by atoms with Gasteiger partial charge >= 0.3 is 11.9 Å². The van der Waals surface area contributed by atoms with Gasteiger partial charge in [0.15, 0.2) is 11.5 Å². The fourth-order valence-corrected chi connectivity index (χ4v) is 2.05. The standard InChI is InChI=1S/C18H24N2O6/c1-12(10-14(17(21)25-4)18(22)26-5)19-8-9-20-13-6-7-15(23-2)16(11-13)24-3/h6-7,10-11,20H,8-9H2,1-5H3/b19-12-. The number of ether oxygens (including phenoxy) is 4. The van der Waals surface area contributed by atoms with Gasteiger partial charge in [-0.2, -0.15) is 0 Å². The van der Waals surface area contributed by atoms with E-state index in [1.54, 1.807) is 27.2 Å². The number of hydrogen-bond acceptors (Lipinski definition) is 8. The van der Waals surface area contributed by atoms with E-state index < -0.39 is 11.9 Å². The first-order chi connectivity index (χ1) is 12.5. The van der Waals surface area contributed by atoms with Crippen LogP contribution in [0.4, 0.5) is 5.69 Å². The molecule has 0 fully saturated rings. The second-order valence-electron chi connectivity index (χ2n) is 5.06. The molecule has 0 bridgehead atoms. The van der Waals surface area contributed by atoms with Crippen LogP contribution in [0.2, 0.25) is 0 Å². The summed E-state index contributed by atoms with van der Waals surface area (Å²) >= 11 is 0. The van der Waals surface area contributed by atoms with Gasteiger partial charge in [-0.3, -0.25) is 4.99 Å². The number of nitrogens with one attached hydrogen (secondary N) is 1. The Morgan fingerprint density at radius 1 is 1.04 bits per heavy atom. The molecule has 0 aliphatic carbocycles. The van der Waals surface area contributed by atoms with Gasteiger partial charge in [0.1, 0.15) is 5.57 Å². The molecular formula is C18H24N2O6. The van der Waals surface area contributed by atoms with E-state index in [4.69, 9.17) is 9.47 Å². The van der Waals surface area contributed by atoms with E-state index in [-0.39, 0.29) is 5.57 Å². The van der Waals surface area contributed by atoms with Crippen molar-refractivity contribution in [3.8, 4) is 11.5 Å². The summed E-state index contributed by atoms with van der Waals surface area (Å²) in [7, 11) is 5.53. The minimum Gasteiger partial charge on any atom is -0.493 e. The van der Waals surface area contributed by atoms with Crippen molar-refractivity contribution in [2.45, 2.75) is 6.92 Å². The minimum absolute atomic E-state index is 0.205. The molecule has 0 saturated heterocycles. The van der Waals surface area contributed by atoms with Gasteiger partial charge in [0, 0.05) is 24.0 Å². The minimum atomic E-state index is -0.769. The van der Waals surface area contributed by atoms with E-state index in [0.29, 0.717) is 30.3 Å². The normalized spacial score (nSPS) is 10.6. The van der Waals surface area contributed by atoms with Crippen molar-refractivity contribution in [1.82, 2.24) is 0 Å². The Bertz CT molecular complexity index is 679. The number of methoxy groups -OCH3 is 4. The van der Waals surface area contributed by atoms with Gasteiger partial charge in [-0.25, -0.2) is 9.59 Å². The summed E-state index contributed by atoms with van der Waals surface area (Å²) in [5.74, 6) is -0.263. The first kappa shape index (κ1) is 21.0. The van der Waals surface area contributed by atoms with Crippen LogP contribution in [-0.4, -0.2) is 59.2 Å². The average Bonchev–Trinajstić information content (AvgIpc) is 2.67. The maximum Gasteiger partial charge on any atom is 0.345 e. The van der Waals surface area contributed by atoms with Crippen LogP contribution in [0.3, 0.4) is 0 Å². The number of hydrogen-bond donors (Lipinski definition) is 1. The molecule has 0 aliphatic heterocycles. The van der Waals surface area contributed by atoms with Crippen LogP contribution in [0.15, 0.2) is 34.8 Å². The molecule has 0 aliphatic rings. The number of esters is 2. The zero-order valence-electron chi connectivity index (χ0n) is 15.6. The summed E-state index contributed by atoms with van der Waals surface area (Å²) in [4.78, 5) is 27.5. The molecule has 1 rings (SSSR count). The number of nitrogens with zero attached hydrogens (tertiary/aromatic N) is 1. The lowest BCUT2D eigenvalue weighted by Crippen LogP contribution is -2.17. The van der Waals surface area contributed by atoms with Crippen molar-refractivity contribution in [2.75, 3.05) is 46.8 Å². The highest BCUT2D eigenvalue weighted by Gasteiger charge is 2.19. The van der Waals surface area contributed by atoms with Crippen LogP contribution in [0.25, 0.3) is 0 Å². The van der Waals surface area contributed by atoms with E-state index in [0.717, 1.165) is 5.69 Å². The Labute approximate surface area is 152 Å². The quantitative estimate of drug-likeness (QED) is 0.178. The number of carbonyl (C=O) groups is 2. The Kier molecular flexibility index (Phi) is 8.69. The molecule has 0 heterocycles. The lowest BCUT2D eigenvalue weighted by molar-refractivity contribution is -0.144. The Morgan fingerprint density at radius 2 is 1.65 bits per heavy atom. The Morgan fingerprint density at radius 3 is 2.19 bits per heavy atom. The molecule has 0 unspecified atom stereocenters. The number of aliphatic imine (C=N–C) groups is 1. The number of carbonyl (C=O) groups excluding carboxylic acids is 2. The van der Waals surface area contributed by atoms with Crippen LogP contribution >= 0.6 is 0 Å². The summed E-state index contributed by atoms with van der Waals surface area (Å²) in [6, 6.07) is 5.49. The zero-order chi connectivity index (χ0) is 19.5. The summed E-state index contributed by atoms with van der Waals surface area (Å²) in [6.45, 7) is 2.67. The SMILES string of the molecule is COC(=O)C(=C/C(C)=N\CCNc1ccc(OC)c(OC)c1)C(=O)OC. The second kappa shape index (κ2) is 10.8. The predicted molar refractivity (Wildman–Crippen MR) is 98.1 cm³/mol. The number of benzene rings is 1. The van der Waals surface area contributed by atoms with Crippen LogP contribution in [0, 0.1) is 0 Å². The summed E-state index contributed by atoms with van der Waals surface area (Å²) in [6.07, 6.45) is 1.34. The average molecular weight is 364 g/mol. The van der Waals surface area contributed by atoms with E-state index in [1.165, 1.54) is 20.3 Å². The van der Waals surface area contributed by atoms with Crippen LogP contribution in [0.5, 0.6) is 11.5 Å². The molecule has 0 aromatic heterocycles. The van der Waals surface area contributed by atoms with Crippen LogP contribution < -0.4 is 14.8 Å². The largest absolute Gasteiger partial charge is 0.493 e.